The predicted octanol–water partition coefficient (Wildman–Crippen LogP) is 0.439. The number of nitrogens with one attached hydrogen (secondary N) is 2. The number of rotatable bonds is 6. The molecule has 24 heavy (non-hydrogen) atoms. The highest BCUT2D eigenvalue weighted by atomic mass is 32.2. The topological polar surface area (TPSA) is 105 Å². The van der Waals surface area contributed by atoms with Crippen LogP contribution in [0.2, 0.25) is 0 Å². The summed E-state index contributed by atoms with van der Waals surface area (Å²) in [6, 6.07) is 4.28. The molecule has 8 nitrogen and oxygen atoms in total. The van der Waals surface area contributed by atoms with Crippen LogP contribution in [0.25, 0.3) is 0 Å². The van der Waals surface area contributed by atoms with Crippen molar-refractivity contribution in [3.05, 3.63) is 18.2 Å². The van der Waals surface area contributed by atoms with Gasteiger partial charge >= 0.3 is 0 Å². The summed E-state index contributed by atoms with van der Waals surface area (Å²) in [5, 5.41) is 3.18. The maximum atomic E-state index is 12.9. The van der Waals surface area contributed by atoms with Gasteiger partial charge in [0, 0.05) is 31.7 Å². The second kappa shape index (κ2) is 7.26. The van der Waals surface area contributed by atoms with Gasteiger partial charge in [0.05, 0.1) is 18.6 Å². The third-order valence-electron chi connectivity index (χ3n) is 3.78. The average Bonchev–Trinajstić information content (AvgIpc) is 2.54. The number of hydrogen-bond donors (Lipinski definition) is 2. The lowest BCUT2D eigenvalue weighted by molar-refractivity contribution is 0.310. The Bertz CT molecular complexity index is 793. The molecule has 0 radical (unpaired) electrons. The van der Waals surface area contributed by atoms with E-state index in [1.54, 1.807) is 0 Å². The third kappa shape index (κ3) is 4.18. The fourth-order valence-corrected chi connectivity index (χ4v) is 4.81. The Balaban J connectivity index is 2.48. The van der Waals surface area contributed by atoms with Gasteiger partial charge in [0.15, 0.2) is 0 Å². The van der Waals surface area contributed by atoms with Gasteiger partial charge in [-0.3, -0.25) is 4.72 Å². The van der Waals surface area contributed by atoms with E-state index < -0.39 is 20.0 Å². The summed E-state index contributed by atoms with van der Waals surface area (Å²) >= 11 is 0. The third-order valence-corrected chi connectivity index (χ3v) is 7.00. The molecular formula is C14H23N3O5S2. The number of ether oxygens (including phenoxy) is 1. The van der Waals surface area contributed by atoms with Crippen molar-refractivity contribution in [1.29, 1.82) is 0 Å². The molecule has 0 bridgehead atoms. The van der Waals surface area contributed by atoms with Gasteiger partial charge < -0.3 is 10.1 Å². The summed E-state index contributed by atoms with van der Waals surface area (Å²) < 4.78 is 58.5. The molecule has 1 aliphatic heterocycles. The highest BCUT2D eigenvalue weighted by Gasteiger charge is 2.31. The first-order valence-electron chi connectivity index (χ1n) is 7.61. The molecule has 0 amide bonds. The minimum absolute atomic E-state index is 0.00221. The van der Waals surface area contributed by atoms with Gasteiger partial charge in [-0.1, -0.05) is 0 Å². The molecule has 1 fully saturated rings. The van der Waals surface area contributed by atoms with Crippen LogP contribution in [0, 0.1) is 0 Å². The van der Waals surface area contributed by atoms with Crippen molar-refractivity contribution >= 4 is 25.7 Å². The molecule has 1 aromatic rings. The first-order chi connectivity index (χ1) is 11.2. The number of benzene rings is 1. The minimum atomic E-state index is -3.82. The number of methoxy groups -OCH3 is 1. The number of hydrogen-bond acceptors (Lipinski definition) is 6. The van der Waals surface area contributed by atoms with Crippen LogP contribution in [0.1, 0.15) is 13.8 Å². The van der Waals surface area contributed by atoms with E-state index in [0.717, 1.165) is 0 Å². The lowest BCUT2D eigenvalue weighted by Crippen LogP contribution is -2.51. The van der Waals surface area contributed by atoms with Crippen LogP contribution in [-0.4, -0.2) is 59.7 Å². The van der Waals surface area contributed by atoms with E-state index in [4.69, 9.17) is 4.74 Å². The van der Waals surface area contributed by atoms with Gasteiger partial charge in [0.25, 0.3) is 0 Å². The summed E-state index contributed by atoms with van der Waals surface area (Å²) in [5.41, 5.74) is 0.00221. The van der Waals surface area contributed by atoms with Crippen LogP contribution in [0.4, 0.5) is 5.69 Å². The molecule has 2 N–H and O–H groups in total. The van der Waals surface area contributed by atoms with Crippen LogP contribution in [-0.2, 0) is 20.0 Å². The lowest BCUT2D eigenvalue weighted by atomic mass is 10.3. The first kappa shape index (κ1) is 19.0. The molecule has 2 rings (SSSR count). The zero-order chi connectivity index (χ0) is 18.0. The Labute approximate surface area is 143 Å². The van der Waals surface area contributed by atoms with Crippen molar-refractivity contribution < 1.29 is 21.6 Å². The lowest BCUT2D eigenvalue weighted by Gasteiger charge is -2.31. The van der Waals surface area contributed by atoms with E-state index in [9.17, 15) is 16.8 Å². The molecule has 0 aromatic heterocycles. The fraction of sp³-hybridized carbons (Fsp3) is 0.571. The normalized spacial score (nSPS) is 19.9. The van der Waals surface area contributed by atoms with Gasteiger partial charge in [-0.2, -0.15) is 4.31 Å². The van der Waals surface area contributed by atoms with Gasteiger partial charge in [0.2, 0.25) is 20.0 Å². The molecule has 1 aliphatic rings. The highest BCUT2D eigenvalue weighted by Crippen LogP contribution is 2.30. The molecule has 1 unspecified atom stereocenters. The Hall–Kier alpha value is -1.36. The van der Waals surface area contributed by atoms with Gasteiger partial charge in [-0.25, -0.2) is 16.8 Å². The second-order valence-corrected chi connectivity index (χ2v) is 9.50. The molecular weight excluding hydrogens is 354 g/mol. The van der Waals surface area contributed by atoms with E-state index in [1.165, 1.54) is 36.5 Å². The van der Waals surface area contributed by atoms with Crippen LogP contribution < -0.4 is 14.8 Å². The van der Waals surface area contributed by atoms with E-state index >= 15 is 0 Å². The van der Waals surface area contributed by atoms with Gasteiger partial charge in [0.1, 0.15) is 10.6 Å². The van der Waals surface area contributed by atoms with Crippen molar-refractivity contribution in [3.63, 3.8) is 0 Å². The maximum Gasteiger partial charge on any atom is 0.245 e. The molecule has 0 spiro atoms. The molecule has 136 valence electrons. The Morgan fingerprint density at radius 3 is 2.62 bits per heavy atom. The van der Waals surface area contributed by atoms with Gasteiger partial charge in [-0.05, 0) is 26.0 Å². The molecule has 1 saturated heterocycles. The van der Waals surface area contributed by atoms with Crippen molar-refractivity contribution in [1.82, 2.24) is 9.62 Å². The molecule has 1 aromatic carbocycles. The number of nitrogens with zero attached hydrogens (tertiary/aromatic N) is 1. The summed E-state index contributed by atoms with van der Waals surface area (Å²) in [5.74, 6) is 0.213. The second-order valence-electron chi connectivity index (χ2n) is 5.59. The predicted molar refractivity (Wildman–Crippen MR) is 92.3 cm³/mol. The first-order valence-corrected chi connectivity index (χ1v) is 10.7. The van der Waals surface area contributed by atoms with Crippen molar-refractivity contribution in [3.8, 4) is 5.75 Å². The zero-order valence-corrected chi connectivity index (χ0v) is 15.6. The smallest absolute Gasteiger partial charge is 0.245 e. The summed E-state index contributed by atoms with van der Waals surface area (Å²) in [7, 11) is -6.01. The monoisotopic (exact) mass is 377 g/mol. The van der Waals surface area contributed by atoms with Crippen LogP contribution in [0.3, 0.4) is 0 Å². The zero-order valence-electron chi connectivity index (χ0n) is 13.9. The minimum Gasteiger partial charge on any atom is -0.497 e. The summed E-state index contributed by atoms with van der Waals surface area (Å²) in [6.07, 6.45) is 0. The molecule has 1 atom stereocenters. The fourth-order valence-electron chi connectivity index (χ4n) is 2.43. The Kier molecular flexibility index (Phi) is 5.74. The maximum absolute atomic E-state index is 12.9. The van der Waals surface area contributed by atoms with Crippen LogP contribution in [0.15, 0.2) is 23.1 Å². The molecule has 10 heteroatoms. The van der Waals surface area contributed by atoms with E-state index in [1.807, 2.05) is 6.92 Å². The summed E-state index contributed by atoms with van der Waals surface area (Å²) in [6.45, 7) is 4.59. The molecule has 0 aliphatic carbocycles. The van der Waals surface area contributed by atoms with Crippen LogP contribution >= 0.6 is 0 Å². The largest absolute Gasteiger partial charge is 0.497 e. The average molecular weight is 377 g/mol. The molecule has 1 heterocycles. The van der Waals surface area contributed by atoms with Gasteiger partial charge in [-0.15, -0.1) is 0 Å². The highest BCUT2D eigenvalue weighted by molar-refractivity contribution is 7.93. The van der Waals surface area contributed by atoms with E-state index in [-0.39, 0.29) is 22.4 Å². The quantitative estimate of drug-likeness (QED) is 0.745. The summed E-state index contributed by atoms with van der Waals surface area (Å²) in [4.78, 5) is -0.0746. The Morgan fingerprint density at radius 2 is 2.04 bits per heavy atom. The molecule has 0 saturated carbocycles. The van der Waals surface area contributed by atoms with E-state index in [0.29, 0.717) is 25.4 Å². The SMILES string of the molecule is CCS(=O)(=O)Nc1cc(OC)ccc1S(=O)(=O)N1CCNC(C)C1. The standard InChI is InChI=1S/C14H23N3O5S2/c1-4-23(18,19)16-13-9-12(22-3)5-6-14(13)24(20,21)17-8-7-15-11(2)10-17/h5-6,9,11,15-16H,4,7-8,10H2,1-3H3. The van der Waals surface area contributed by atoms with Crippen molar-refractivity contribution in [2.24, 2.45) is 0 Å². The number of piperazine rings is 1. The van der Waals surface area contributed by atoms with E-state index in [2.05, 4.69) is 10.0 Å². The van der Waals surface area contributed by atoms with Crippen LogP contribution in [0.5, 0.6) is 5.75 Å². The van der Waals surface area contributed by atoms with Crippen molar-refractivity contribution in [2.75, 3.05) is 37.2 Å². The Morgan fingerprint density at radius 1 is 1.33 bits per heavy atom. The number of anilines is 1. The number of sulfonamides is 2. The van der Waals surface area contributed by atoms with Crippen molar-refractivity contribution in [2.45, 2.75) is 24.8 Å².